The first kappa shape index (κ1) is 49.4. The van der Waals surface area contributed by atoms with Crippen molar-refractivity contribution in [2.45, 2.75) is 26.2 Å². The first-order valence-electron chi connectivity index (χ1n) is 23.3. The normalized spacial score (nSPS) is 11.7. The summed E-state index contributed by atoms with van der Waals surface area (Å²) in [5, 5.41) is 18.3. The van der Waals surface area contributed by atoms with Gasteiger partial charge in [-0.2, -0.15) is 0 Å². The number of ether oxygens (including phenoxy) is 6. The zero-order valence-corrected chi connectivity index (χ0v) is 39.5. The first-order valence-corrected chi connectivity index (χ1v) is 23.3. The lowest BCUT2D eigenvalue weighted by Crippen LogP contribution is -2.30. The highest BCUT2D eigenvalue weighted by atomic mass is 16.5. The molecule has 4 heterocycles. The second kappa shape index (κ2) is 25.5. The van der Waals surface area contributed by atoms with E-state index in [1.807, 2.05) is 85.2 Å². The molecular formula is C52H58N8O10. The van der Waals surface area contributed by atoms with Gasteiger partial charge in [-0.1, -0.05) is 34.7 Å². The van der Waals surface area contributed by atoms with E-state index in [2.05, 4.69) is 44.5 Å². The van der Waals surface area contributed by atoms with E-state index in [9.17, 15) is 9.59 Å². The Bertz CT molecular complexity index is 2770. The molecule has 0 aliphatic carbocycles. The third-order valence-corrected chi connectivity index (χ3v) is 11.1. The fourth-order valence-corrected chi connectivity index (χ4v) is 7.41. The second-order valence-corrected chi connectivity index (χ2v) is 16.6. The Hall–Kier alpha value is -7.06. The Balaban J connectivity index is 0.605. The minimum atomic E-state index is -0.0725. The highest BCUT2D eigenvalue weighted by Crippen LogP contribution is 2.26. The molecule has 8 rings (SSSR count). The van der Waals surface area contributed by atoms with Gasteiger partial charge in [0.25, 0.3) is 0 Å². The molecule has 18 nitrogen and oxygen atoms in total. The summed E-state index contributed by atoms with van der Waals surface area (Å²) in [6.07, 6.45) is 3.90. The zero-order chi connectivity index (χ0) is 48.3. The molecule has 0 saturated carbocycles. The van der Waals surface area contributed by atoms with Gasteiger partial charge >= 0.3 is 0 Å². The van der Waals surface area contributed by atoms with Crippen LogP contribution in [0.25, 0.3) is 44.6 Å². The number of hydrogen-bond donors (Lipinski definition) is 0. The molecule has 4 aromatic carbocycles. The fourth-order valence-electron chi connectivity index (χ4n) is 7.41. The van der Waals surface area contributed by atoms with Crippen molar-refractivity contribution in [2.24, 2.45) is 0 Å². The van der Waals surface area contributed by atoms with Crippen LogP contribution in [0.15, 0.2) is 140 Å². The van der Waals surface area contributed by atoms with Crippen LogP contribution in [0.3, 0.4) is 0 Å². The van der Waals surface area contributed by atoms with Crippen LogP contribution in [-0.2, 0) is 45.1 Å². The molecular weight excluding hydrogens is 897 g/mol. The Morgan fingerprint density at radius 2 is 0.871 bits per heavy atom. The van der Waals surface area contributed by atoms with Gasteiger partial charge < -0.3 is 37.3 Å². The van der Waals surface area contributed by atoms with E-state index in [1.165, 1.54) is 12.1 Å². The smallest absolute Gasteiger partial charge is 0.193 e. The van der Waals surface area contributed by atoms with E-state index in [4.69, 9.17) is 37.3 Å². The molecule has 8 aromatic rings. The maximum atomic E-state index is 12.5. The largest absolute Gasteiger partial charge is 0.491 e. The molecule has 18 heteroatoms. The van der Waals surface area contributed by atoms with Crippen LogP contribution in [0, 0.1) is 0 Å². The van der Waals surface area contributed by atoms with Crippen molar-refractivity contribution >= 4 is 21.9 Å². The lowest BCUT2D eigenvalue weighted by atomic mass is 10.1. The van der Waals surface area contributed by atoms with Crippen LogP contribution in [0.4, 0.5) is 0 Å². The number of para-hydroxylation sites is 2. The monoisotopic (exact) mass is 954 g/mol. The van der Waals surface area contributed by atoms with E-state index in [1.54, 1.807) is 33.6 Å². The summed E-state index contributed by atoms with van der Waals surface area (Å²) in [4.78, 5) is 29.3. The van der Waals surface area contributed by atoms with E-state index >= 15 is 0 Å². The molecule has 0 amide bonds. The minimum Gasteiger partial charge on any atom is -0.491 e. The Morgan fingerprint density at radius 1 is 0.486 bits per heavy atom. The summed E-state index contributed by atoms with van der Waals surface area (Å²) in [5.41, 5.74) is 4.36. The topological polar surface area (TPSA) is 184 Å². The molecule has 4 aromatic heterocycles. The Labute approximate surface area is 404 Å². The van der Waals surface area contributed by atoms with Crippen molar-refractivity contribution in [1.29, 1.82) is 0 Å². The van der Waals surface area contributed by atoms with Crippen molar-refractivity contribution in [3.05, 3.63) is 153 Å². The molecule has 366 valence electrons. The maximum Gasteiger partial charge on any atom is 0.193 e. The van der Waals surface area contributed by atoms with Crippen LogP contribution >= 0.6 is 0 Å². The summed E-state index contributed by atoms with van der Waals surface area (Å²) < 4.78 is 49.9. The van der Waals surface area contributed by atoms with Crippen LogP contribution in [0.1, 0.15) is 11.4 Å². The second-order valence-electron chi connectivity index (χ2n) is 16.6. The molecule has 0 aliphatic rings. The fraction of sp³-hybridized carbons (Fsp3) is 0.346. The Kier molecular flexibility index (Phi) is 18.0. The molecule has 0 aliphatic heterocycles. The number of likely N-dealkylation sites (N-methyl/N-ethyl adjacent to an activating group) is 2. The first-order chi connectivity index (χ1) is 34.3. The van der Waals surface area contributed by atoms with Gasteiger partial charge in [0.2, 0.25) is 0 Å². The minimum absolute atomic E-state index is 0.0725. The standard InChI is InChI=1S/C52H58N8O10/c1-57(35-41-37-59(55-53-41)21-23-63-25-27-65-29-31-67-43-15-11-39(12-16-43)51-33-47(61)45-7-3-5-9-49(45)69-51)19-20-58(2)36-42-38-60(56-54-42)22-24-64-26-28-66-30-32-68-44-17-13-40(14-18-44)52-34-48(62)46-8-4-6-10-50(46)70-52/h3-18,33-34,37-38H,19-32,35-36H2,1-2H3. The highest BCUT2D eigenvalue weighted by molar-refractivity contribution is 5.79. The predicted molar refractivity (Wildman–Crippen MR) is 263 cm³/mol. The molecule has 0 atom stereocenters. The molecule has 0 N–H and O–H groups in total. The van der Waals surface area contributed by atoms with Crippen LogP contribution in [-0.4, -0.2) is 133 Å². The summed E-state index contributed by atoms with van der Waals surface area (Å²) in [6.45, 7) is 8.69. The molecule has 0 fully saturated rings. The quantitative estimate of drug-likeness (QED) is 0.0483. The van der Waals surface area contributed by atoms with Crippen LogP contribution in [0.5, 0.6) is 11.5 Å². The van der Waals surface area contributed by atoms with Crippen molar-refractivity contribution < 1.29 is 37.3 Å². The molecule has 0 bridgehead atoms. The van der Waals surface area contributed by atoms with Crippen molar-refractivity contribution in [3.63, 3.8) is 0 Å². The number of rotatable bonds is 29. The zero-order valence-electron chi connectivity index (χ0n) is 39.5. The number of fused-ring (bicyclic) bond motifs is 2. The lowest BCUT2D eigenvalue weighted by molar-refractivity contribution is 0.0332. The van der Waals surface area contributed by atoms with Gasteiger partial charge in [0, 0.05) is 61.8 Å². The Morgan fingerprint density at radius 3 is 1.30 bits per heavy atom. The highest BCUT2D eigenvalue weighted by Gasteiger charge is 2.11. The summed E-state index contributed by atoms with van der Waals surface area (Å²) in [7, 11) is 4.14. The van der Waals surface area contributed by atoms with Gasteiger partial charge in [-0.05, 0) is 86.9 Å². The van der Waals surface area contributed by atoms with Gasteiger partial charge in [-0.3, -0.25) is 19.4 Å². The number of hydrogen-bond acceptors (Lipinski definition) is 16. The van der Waals surface area contributed by atoms with Gasteiger partial charge in [-0.25, -0.2) is 9.36 Å². The number of benzene rings is 4. The summed E-state index contributed by atoms with van der Waals surface area (Å²) in [6, 6.07) is 32.3. The number of nitrogens with zero attached hydrogens (tertiary/aromatic N) is 8. The SMILES string of the molecule is CN(CCN(C)Cc1cn(CCOCCOCCOc2ccc(-c3cc(=O)c4ccccc4o3)cc2)nn1)Cc1cn(CCOCCOCCOc2ccc(-c3cc(=O)c4ccccc4o3)cc2)nn1. The molecule has 70 heavy (non-hydrogen) atoms. The maximum absolute atomic E-state index is 12.5. The van der Waals surface area contributed by atoms with E-state index < -0.39 is 0 Å². The lowest BCUT2D eigenvalue weighted by Gasteiger charge is -2.20. The predicted octanol–water partition coefficient (Wildman–Crippen LogP) is 6.20. The van der Waals surface area contributed by atoms with Crippen molar-refractivity contribution in [2.75, 3.05) is 93.3 Å². The molecule has 0 unspecified atom stereocenters. The van der Waals surface area contributed by atoms with Gasteiger partial charge in [-0.15, -0.1) is 10.2 Å². The molecule has 0 radical (unpaired) electrons. The van der Waals surface area contributed by atoms with Gasteiger partial charge in [0.15, 0.2) is 10.9 Å². The van der Waals surface area contributed by atoms with Crippen molar-refractivity contribution in [3.8, 4) is 34.1 Å². The van der Waals surface area contributed by atoms with Gasteiger partial charge in [0.05, 0.1) is 88.1 Å². The molecule has 0 spiro atoms. The van der Waals surface area contributed by atoms with E-state index in [0.717, 1.165) is 35.6 Å². The average Bonchev–Trinajstić information content (AvgIpc) is 4.03. The van der Waals surface area contributed by atoms with Crippen molar-refractivity contribution in [1.82, 2.24) is 39.8 Å². The average molecular weight is 955 g/mol. The molecule has 0 saturated heterocycles. The van der Waals surface area contributed by atoms with Gasteiger partial charge in [0.1, 0.15) is 47.4 Å². The van der Waals surface area contributed by atoms with E-state index in [0.29, 0.717) is 137 Å². The third-order valence-electron chi connectivity index (χ3n) is 11.1. The summed E-state index contributed by atoms with van der Waals surface area (Å²) in [5.74, 6) is 2.43. The van der Waals surface area contributed by atoms with Crippen LogP contribution in [0.2, 0.25) is 0 Å². The third kappa shape index (κ3) is 14.7. The summed E-state index contributed by atoms with van der Waals surface area (Å²) >= 11 is 0. The van der Waals surface area contributed by atoms with Crippen LogP contribution < -0.4 is 20.3 Å². The van der Waals surface area contributed by atoms with E-state index in [-0.39, 0.29) is 10.9 Å². The number of aromatic nitrogens is 6.